The van der Waals surface area contributed by atoms with Crippen LogP contribution in [0.5, 0.6) is 0 Å². The third kappa shape index (κ3) is 2.87. The largest absolute Gasteiger partial charge is 0.477 e. The minimum absolute atomic E-state index is 0.00459. The summed E-state index contributed by atoms with van der Waals surface area (Å²) in [6, 6.07) is 1.14. The Morgan fingerprint density at radius 3 is 2.40 bits per heavy atom. The zero-order valence-corrected chi connectivity index (χ0v) is 13.1. The maximum absolute atomic E-state index is 12.5. The molecule has 1 saturated heterocycles. The van der Waals surface area contributed by atoms with Gasteiger partial charge in [0.25, 0.3) is 0 Å². The number of aromatic nitrogens is 1. The Hall–Kier alpha value is -0.990. The first kappa shape index (κ1) is 15.4. The van der Waals surface area contributed by atoms with Gasteiger partial charge in [-0.2, -0.15) is 16.1 Å². The molecular formula is C12H18N2O4S2. The van der Waals surface area contributed by atoms with Gasteiger partial charge in [0.1, 0.15) is 10.6 Å². The first-order valence-corrected chi connectivity index (χ1v) is 8.96. The molecule has 112 valence electrons. The molecule has 1 N–H and O–H groups in total. The fraction of sp³-hybridized carbons (Fsp3) is 0.583. The lowest BCUT2D eigenvalue weighted by molar-refractivity contribution is 0.0683. The molecule has 0 saturated carbocycles. The Balaban J connectivity index is 2.41. The van der Waals surface area contributed by atoms with E-state index in [0.717, 1.165) is 11.5 Å². The lowest BCUT2D eigenvalue weighted by atomic mass is 10.3. The molecule has 0 atom stereocenters. The summed E-state index contributed by atoms with van der Waals surface area (Å²) < 4.78 is 27.9. The highest BCUT2D eigenvalue weighted by molar-refractivity contribution is 7.99. The first-order chi connectivity index (χ1) is 9.34. The van der Waals surface area contributed by atoms with Crippen molar-refractivity contribution in [1.29, 1.82) is 0 Å². The number of rotatable bonds is 4. The van der Waals surface area contributed by atoms with Gasteiger partial charge in [-0.05, 0) is 19.9 Å². The van der Waals surface area contributed by atoms with Gasteiger partial charge >= 0.3 is 5.97 Å². The molecule has 0 unspecified atom stereocenters. The second kappa shape index (κ2) is 5.79. The standard InChI is InChI=1S/C12H18N2O4S2/c1-9(2)14-8-10(7-11(14)12(15)16)20(17,18)13-3-5-19-6-4-13/h7-9H,3-6H2,1-2H3,(H,15,16). The van der Waals surface area contributed by atoms with Crippen LogP contribution < -0.4 is 0 Å². The van der Waals surface area contributed by atoms with Crippen LogP contribution in [0.2, 0.25) is 0 Å². The molecule has 1 aromatic heterocycles. The molecule has 20 heavy (non-hydrogen) atoms. The fourth-order valence-corrected chi connectivity index (χ4v) is 4.73. The molecule has 0 radical (unpaired) electrons. The van der Waals surface area contributed by atoms with Crippen LogP contribution >= 0.6 is 11.8 Å². The minimum Gasteiger partial charge on any atom is -0.477 e. The lowest BCUT2D eigenvalue weighted by Crippen LogP contribution is -2.37. The summed E-state index contributed by atoms with van der Waals surface area (Å²) in [4.78, 5) is 11.3. The molecule has 2 heterocycles. The van der Waals surface area contributed by atoms with Gasteiger partial charge in [-0.1, -0.05) is 0 Å². The van der Waals surface area contributed by atoms with E-state index in [0.29, 0.717) is 13.1 Å². The third-order valence-electron chi connectivity index (χ3n) is 3.21. The van der Waals surface area contributed by atoms with Crippen molar-refractivity contribution in [3.8, 4) is 0 Å². The molecule has 0 amide bonds. The van der Waals surface area contributed by atoms with Crippen LogP contribution in [0, 0.1) is 0 Å². The van der Waals surface area contributed by atoms with Crippen molar-refractivity contribution in [2.75, 3.05) is 24.6 Å². The van der Waals surface area contributed by atoms with E-state index in [2.05, 4.69) is 0 Å². The SMILES string of the molecule is CC(C)n1cc(S(=O)(=O)N2CCSCC2)cc1C(=O)O. The average molecular weight is 318 g/mol. The van der Waals surface area contributed by atoms with Crippen molar-refractivity contribution in [3.63, 3.8) is 0 Å². The number of aromatic carboxylic acids is 1. The van der Waals surface area contributed by atoms with Crippen LogP contribution in [0.4, 0.5) is 0 Å². The molecule has 0 spiro atoms. The Kier molecular flexibility index (Phi) is 4.46. The van der Waals surface area contributed by atoms with E-state index in [4.69, 9.17) is 0 Å². The van der Waals surface area contributed by atoms with Crippen molar-refractivity contribution in [2.45, 2.75) is 24.8 Å². The summed E-state index contributed by atoms with van der Waals surface area (Å²) in [5.41, 5.74) is 0.00459. The summed E-state index contributed by atoms with van der Waals surface area (Å²) in [7, 11) is -3.59. The predicted molar refractivity (Wildman–Crippen MR) is 77.9 cm³/mol. The number of hydrogen-bond acceptors (Lipinski definition) is 4. The monoisotopic (exact) mass is 318 g/mol. The first-order valence-electron chi connectivity index (χ1n) is 6.37. The number of nitrogens with zero attached hydrogens (tertiary/aromatic N) is 2. The van der Waals surface area contributed by atoms with Crippen molar-refractivity contribution in [2.24, 2.45) is 0 Å². The molecular weight excluding hydrogens is 300 g/mol. The van der Waals surface area contributed by atoms with Crippen LogP contribution in [0.25, 0.3) is 0 Å². The lowest BCUT2D eigenvalue weighted by Gasteiger charge is -2.25. The van der Waals surface area contributed by atoms with Crippen molar-refractivity contribution < 1.29 is 18.3 Å². The molecule has 2 rings (SSSR count). The highest BCUT2D eigenvalue weighted by Gasteiger charge is 2.29. The Morgan fingerprint density at radius 1 is 1.35 bits per heavy atom. The zero-order chi connectivity index (χ0) is 14.9. The number of carboxylic acid groups (broad SMARTS) is 1. The van der Waals surface area contributed by atoms with Crippen LogP contribution in [-0.2, 0) is 10.0 Å². The van der Waals surface area contributed by atoms with Crippen LogP contribution in [-0.4, -0.2) is 53.0 Å². The van der Waals surface area contributed by atoms with Crippen LogP contribution in [0.1, 0.15) is 30.4 Å². The topological polar surface area (TPSA) is 79.6 Å². The number of sulfonamides is 1. The number of thioether (sulfide) groups is 1. The average Bonchev–Trinajstić information content (AvgIpc) is 2.85. The highest BCUT2D eigenvalue weighted by Crippen LogP contribution is 2.24. The van der Waals surface area contributed by atoms with Crippen molar-refractivity contribution >= 4 is 27.8 Å². The molecule has 1 fully saturated rings. The van der Waals surface area contributed by atoms with Gasteiger partial charge in [-0.3, -0.25) is 0 Å². The summed E-state index contributed by atoms with van der Waals surface area (Å²) in [6.07, 6.45) is 1.42. The van der Waals surface area contributed by atoms with Gasteiger partial charge in [0.05, 0.1) is 0 Å². The molecule has 6 nitrogen and oxygen atoms in total. The van der Waals surface area contributed by atoms with Gasteiger partial charge < -0.3 is 9.67 Å². The molecule has 1 aliphatic rings. The van der Waals surface area contributed by atoms with Gasteiger partial charge in [0.2, 0.25) is 10.0 Å². The Morgan fingerprint density at radius 2 is 1.95 bits per heavy atom. The molecule has 8 heteroatoms. The van der Waals surface area contributed by atoms with E-state index in [1.54, 1.807) is 11.8 Å². The Bertz CT molecular complexity index is 601. The van der Waals surface area contributed by atoms with E-state index in [1.165, 1.54) is 21.1 Å². The summed E-state index contributed by atoms with van der Waals surface area (Å²) in [6.45, 7) is 4.59. The molecule has 0 aromatic carbocycles. The zero-order valence-electron chi connectivity index (χ0n) is 11.4. The summed E-state index contributed by atoms with van der Waals surface area (Å²) in [5, 5.41) is 9.17. The molecule has 0 bridgehead atoms. The van der Waals surface area contributed by atoms with E-state index >= 15 is 0 Å². The normalized spacial score (nSPS) is 17.6. The van der Waals surface area contributed by atoms with Crippen LogP contribution in [0.3, 0.4) is 0 Å². The highest BCUT2D eigenvalue weighted by atomic mass is 32.2. The van der Waals surface area contributed by atoms with E-state index < -0.39 is 16.0 Å². The van der Waals surface area contributed by atoms with Crippen molar-refractivity contribution in [1.82, 2.24) is 8.87 Å². The molecule has 1 aromatic rings. The van der Waals surface area contributed by atoms with Gasteiger partial charge in [-0.15, -0.1) is 0 Å². The number of carbonyl (C=O) groups is 1. The third-order valence-corrected chi connectivity index (χ3v) is 6.01. The maximum Gasteiger partial charge on any atom is 0.352 e. The number of carboxylic acids is 1. The fourth-order valence-electron chi connectivity index (χ4n) is 2.13. The minimum atomic E-state index is -3.59. The smallest absolute Gasteiger partial charge is 0.352 e. The summed E-state index contributed by atoms with van der Waals surface area (Å²) >= 11 is 1.72. The molecule has 0 aliphatic carbocycles. The predicted octanol–water partition coefficient (Wildman–Crippen LogP) is 1.50. The van der Waals surface area contributed by atoms with Gasteiger partial charge in [-0.25, -0.2) is 13.2 Å². The van der Waals surface area contributed by atoms with E-state index in [1.807, 2.05) is 13.8 Å². The van der Waals surface area contributed by atoms with Gasteiger partial charge in [0, 0.05) is 36.8 Å². The quantitative estimate of drug-likeness (QED) is 0.910. The number of hydrogen-bond donors (Lipinski definition) is 1. The van der Waals surface area contributed by atoms with E-state index in [9.17, 15) is 18.3 Å². The Labute approximate surface area is 122 Å². The van der Waals surface area contributed by atoms with E-state index in [-0.39, 0.29) is 16.6 Å². The maximum atomic E-state index is 12.5. The molecule has 1 aliphatic heterocycles. The second-order valence-corrected chi connectivity index (χ2v) is 8.05. The van der Waals surface area contributed by atoms with Crippen LogP contribution in [0.15, 0.2) is 17.2 Å². The van der Waals surface area contributed by atoms with Gasteiger partial charge in [0.15, 0.2) is 0 Å². The van der Waals surface area contributed by atoms with Crippen molar-refractivity contribution in [3.05, 3.63) is 18.0 Å². The summed E-state index contributed by atoms with van der Waals surface area (Å²) in [5.74, 6) is 0.431. The second-order valence-electron chi connectivity index (χ2n) is 4.88.